The van der Waals surface area contributed by atoms with Crippen LogP contribution in [0.1, 0.15) is 27.2 Å². The van der Waals surface area contributed by atoms with Crippen LogP contribution in [0, 0.1) is 0 Å². The molecule has 96 valence electrons. The number of nitrogens with one attached hydrogen (secondary N) is 1. The van der Waals surface area contributed by atoms with Crippen LogP contribution < -0.4 is 4.72 Å². The molecule has 0 fully saturated rings. The summed E-state index contributed by atoms with van der Waals surface area (Å²) in [6.45, 7) is 5.32. The van der Waals surface area contributed by atoms with E-state index in [-0.39, 0.29) is 19.1 Å². The maximum absolute atomic E-state index is 11.8. The van der Waals surface area contributed by atoms with E-state index in [0.29, 0.717) is 6.42 Å². The van der Waals surface area contributed by atoms with Gasteiger partial charge in [-0.15, -0.1) is 0 Å². The molecule has 0 amide bonds. The molecule has 6 nitrogen and oxygen atoms in total. The molecule has 0 unspecified atom stereocenters. The number of hydrogen-bond donors (Lipinski definition) is 1. The van der Waals surface area contributed by atoms with Gasteiger partial charge in [-0.1, -0.05) is 6.92 Å². The summed E-state index contributed by atoms with van der Waals surface area (Å²) in [4.78, 5) is 11.1. The molecular formula is C9H20N2O4S. The summed E-state index contributed by atoms with van der Waals surface area (Å²) in [5, 5.41) is 0. The molecule has 16 heavy (non-hydrogen) atoms. The average molecular weight is 252 g/mol. The van der Waals surface area contributed by atoms with Crippen LogP contribution >= 0.6 is 0 Å². The topological polar surface area (TPSA) is 75.7 Å². The highest BCUT2D eigenvalue weighted by molar-refractivity contribution is 7.87. The van der Waals surface area contributed by atoms with E-state index in [1.54, 1.807) is 13.8 Å². The van der Waals surface area contributed by atoms with E-state index in [4.69, 9.17) is 0 Å². The number of carbonyl (C=O) groups excluding carboxylic acids is 1. The molecule has 0 aliphatic carbocycles. The summed E-state index contributed by atoms with van der Waals surface area (Å²) in [7, 11) is -2.38. The minimum absolute atomic E-state index is 0.206. The third kappa shape index (κ3) is 5.43. The van der Waals surface area contributed by atoms with Gasteiger partial charge in [-0.2, -0.15) is 17.4 Å². The highest BCUT2D eigenvalue weighted by atomic mass is 32.2. The summed E-state index contributed by atoms with van der Waals surface area (Å²) in [6.07, 6.45) is 0.635. The predicted molar refractivity (Wildman–Crippen MR) is 61.1 cm³/mol. The van der Waals surface area contributed by atoms with Crippen LogP contribution in [0.4, 0.5) is 0 Å². The molecule has 0 aromatic rings. The number of esters is 1. The van der Waals surface area contributed by atoms with Crippen LogP contribution in [0.2, 0.25) is 0 Å². The van der Waals surface area contributed by atoms with Crippen LogP contribution in [0.15, 0.2) is 0 Å². The summed E-state index contributed by atoms with van der Waals surface area (Å²) in [5.74, 6) is -0.567. The molecule has 0 radical (unpaired) electrons. The van der Waals surface area contributed by atoms with Crippen molar-refractivity contribution < 1.29 is 17.9 Å². The Hall–Kier alpha value is -0.660. The van der Waals surface area contributed by atoms with Gasteiger partial charge >= 0.3 is 5.97 Å². The van der Waals surface area contributed by atoms with Crippen molar-refractivity contribution in [1.82, 2.24) is 9.03 Å². The Morgan fingerprint density at radius 3 is 2.38 bits per heavy atom. The van der Waals surface area contributed by atoms with E-state index < -0.39 is 16.2 Å². The van der Waals surface area contributed by atoms with Crippen LogP contribution in [0.3, 0.4) is 0 Å². The summed E-state index contributed by atoms with van der Waals surface area (Å²) in [5.41, 5.74) is 0. The first-order valence-corrected chi connectivity index (χ1v) is 6.61. The lowest BCUT2D eigenvalue weighted by Gasteiger charge is -2.21. The van der Waals surface area contributed by atoms with E-state index in [1.807, 2.05) is 6.92 Å². The van der Waals surface area contributed by atoms with Gasteiger partial charge in [0.25, 0.3) is 10.2 Å². The third-order valence-corrected chi connectivity index (χ3v) is 3.49. The Bertz CT molecular complexity index is 313. The van der Waals surface area contributed by atoms with E-state index in [2.05, 4.69) is 9.46 Å². The van der Waals surface area contributed by atoms with Gasteiger partial charge in [0.15, 0.2) is 0 Å². The molecule has 0 atom stereocenters. The zero-order valence-electron chi connectivity index (χ0n) is 10.2. The second-order valence-electron chi connectivity index (χ2n) is 3.69. The van der Waals surface area contributed by atoms with Crippen molar-refractivity contribution in [3.8, 4) is 0 Å². The van der Waals surface area contributed by atoms with E-state index in [1.165, 1.54) is 7.11 Å². The fourth-order valence-corrected chi connectivity index (χ4v) is 2.56. The van der Waals surface area contributed by atoms with Gasteiger partial charge in [0.2, 0.25) is 0 Å². The normalized spacial score (nSPS) is 12.1. The minimum atomic E-state index is -3.61. The number of methoxy groups -OCH3 is 1. The van der Waals surface area contributed by atoms with Gasteiger partial charge in [0.05, 0.1) is 7.11 Å². The molecule has 0 saturated heterocycles. The number of rotatable bonds is 7. The number of nitrogens with zero attached hydrogens (tertiary/aromatic N) is 1. The smallest absolute Gasteiger partial charge is 0.321 e. The lowest BCUT2D eigenvalue weighted by atomic mass is 10.4. The van der Waals surface area contributed by atoms with Crippen LogP contribution in [-0.2, 0) is 19.7 Å². The third-order valence-electron chi connectivity index (χ3n) is 1.73. The van der Waals surface area contributed by atoms with Gasteiger partial charge in [-0.3, -0.25) is 4.79 Å². The Kier molecular flexibility index (Phi) is 6.54. The van der Waals surface area contributed by atoms with Crippen LogP contribution in [0.25, 0.3) is 0 Å². The highest BCUT2D eigenvalue weighted by Gasteiger charge is 2.24. The first kappa shape index (κ1) is 15.3. The van der Waals surface area contributed by atoms with Crippen LogP contribution in [-0.4, -0.2) is 44.9 Å². The molecule has 7 heteroatoms. The first-order valence-electron chi connectivity index (χ1n) is 5.17. The van der Waals surface area contributed by atoms with E-state index >= 15 is 0 Å². The standard InChI is InChI=1S/C9H20N2O4S/c1-5-6-11(7-9(12)15-4)16(13,14)10-8(2)3/h8,10H,5-7H2,1-4H3. The van der Waals surface area contributed by atoms with Crippen molar-refractivity contribution in [2.75, 3.05) is 20.2 Å². The zero-order valence-corrected chi connectivity index (χ0v) is 11.0. The molecule has 1 N–H and O–H groups in total. The molecule has 0 bridgehead atoms. The molecule has 0 saturated carbocycles. The van der Waals surface area contributed by atoms with Crippen molar-refractivity contribution >= 4 is 16.2 Å². The second-order valence-corrected chi connectivity index (χ2v) is 5.39. The quantitative estimate of drug-likeness (QED) is 0.653. The maximum atomic E-state index is 11.8. The minimum Gasteiger partial charge on any atom is -0.468 e. The van der Waals surface area contributed by atoms with Gasteiger partial charge in [0, 0.05) is 12.6 Å². The maximum Gasteiger partial charge on any atom is 0.321 e. The number of hydrogen-bond acceptors (Lipinski definition) is 4. The Morgan fingerprint density at radius 1 is 1.44 bits per heavy atom. The second kappa shape index (κ2) is 6.82. The molecule has 0 aliphatic rings. The van der Waals surface area contributed by atoms with Gasteiger partial charge < -0.3 is 4.74 Å². The van der Waals surface area contributed by atoms with Gasteiger partial charge in [-0.25, -0.2) is 0 Å². The summed E-state index contributed by atoms with van der Waals surface area (Å²) < 4.78 is 31.5. The molecule has 0 aliphatic heterocycles. The first-order chi connectivity index (χ1) is 7.33. The monoisotopic (exact) mass is 252 g/mol. The highest BCUT2D eigenvalue weighted by Crippen LogP contribution is 2.01. The fraction of sp³-hybridized carbons (Fsp3) is 0.889. The van der Waals surface area contributed by atoms with Crippen molar-refractivity contribution in [3.63, 3.8) is 0 Å². The number of ether oxygens (including phenoxy) is 1. The Balaban J connectivity index is 4.69. The van der Waals surface area contributed by atoms with Gasteiger partial charge in [0.1, 0.15) is 6.54 Å². The zero-order chi connectivity index (χ0) is 12.8. The van der Waals surface area contributed by atoms with Crippen molar-refractivity contribution in [1.29, 1.82) is 0 Å². The van der Waals surface area contributed by atoms with Crippen molar-refractivity contribution in [2.24, 2.45) is 0 Å². The Labute approximate surface area is 97.1 Å². The summed E-state index contributed by atoms with van der Waals surface area (Å²) in [6, 6.07) is -0.206. The van der Waals surface area contributed by atoms with Crippen LogP contribution in [0.5, 0.6) is 0 Å². The van der Waals surface area contributed by atoms with Crippen molar-refractivity contribution in [2.45, 2.75) is 33.2 Å². The molecule has 0 spiro atoms. The van der Waals surface area contributed by atoms with E-state index in [9.17, 15) is 13.2 Å². The van der Waals surface area contributed by atoms with Crippen molar-refractivity contribution in [3.05, 3.63) is 0 Å². The molecule has 0 heterocycles. The summed E-state index contributed by atoms with van der Waals surface area (Å²) >= 11 is 0. The lowest BCUT2D eigenvalue weighted by molar-refractivity contribution is -0.140. The molecule has 0 aromatic carbocycles. The number of carbonyl (C=O) groups is 1. The molecular weight excluding hydrogens is 232 g/mol. The van der Waals surface area contributed by atoms with E-state index in [0.717, 1.165) is 4.31 Å². The molecule has 0 rings (SSSR count). The fourth-order valence-electron chi connectivity index (χ4n) is 1.11. The van der Waals surface area contributed by atoms with Gasteiger partial charge in [-0.05, 0) is 20.3 Å². The SMILES string of the molecule is CCCN(CC(=O)OC)S(=O)(=O)NC(C)C. The Morgan fingerprint density at radius 2 is 2.00 bits per heavy atom. The average Bonchev–Trinajstić information content (AvgIpc) is 2.14. The largest absolute Gasteiger partial charge is 0.468 e. The molecule has 0 aromatic heterocycles. The lowest BCUT2D eigenvalue weighted by Crippen LogP contribution is -2.46. The predicted octanol–water partition coefficient (Wildman–Crippen LogP) is 0.114.